The van der Waals surface area contributed by atoms with Crippen molar-refractivity contribution in [3.8, 4) is 11.3 Å². The van der Waals surface area contributed by atoms with Gasteiger partial charge >= 0.3 is 0 Å². The first kappa shape index (κ1) is 24.6. The monoisotopic (exact) mass is 492 g/mol. The molecule has 1 aromatic heterocycles. The second kappa shape index (κ2) is 10.8. The summed E-state index contributed by atoms with van der Waals surface area (Å²) in [5, 5.41) is 6.61. The summed E-state index contributed by atoms with van der Waals surface area (Å²) in [6.45, 7) is 7.70. The number of carbonyl (C=O) groups excluding carboxylic acids is 2. The number of anilines is 3. The second-order valence-electron chi connectivity index (χ2n) is 8.44. The summed E-state index contributed by atoms with van der Waals surface area (Å²) >= 11 is 6.12. The smallest absolute Gasteiger partial charge is 0.253 e. The molecule has 0 bridgehead atoms. The molecule has 0 spiro atoms. The van der Waals surface area contributed by atoms with Gasteiger partial charge in [0.05, 0.1) is 17.8 Å². The van der Waals surface area contributed by atoms with Crippen molar-refractivity contribution in [2.45, 2.75) is 20.3 Å². The minimum absolute atomic E-state index is 0.0163. The first-order valence-electron chi connectivity index (χ1n) is 11.7. The van der Waals surface area contributed by atoms with Crippen molar-refractivity contribution in [2.24, 2.45) is 0 Å². The SMILES string of the molecule is CCN(CC)CCN(C)C(=O)c1ccc(Nc2ncc3c(n2)-c2ccc(Cl)cc2NC(=O)C3)cc1. The van der Waals surface area contributed by atoms with E-state index in [1.165, 1.54) is 0 Å². The average Bonchev–Trinajstić information content (AvgIpc) is 2.99. The minimum atomic E-state index is -0.140. The molecule has 0 unspecified atom stereocenters. The maximum Gasteiger partial charge on any atom is 0.253 e. The lowest BCUT2D eigenvalue weighted by atomic mass is 10.1. The van der Waals surface area contributed by atoms with Gasteiger partial charge in [0.2, 0.25) is 11.9 Å². The van der Waals surface area contributed by atoms with Crippen LogP contribution in [0.2, 0.25) is 5.02 Å². The van der Waals surface area contributed by atoms with Gasteiger partial charge in [-0.3, -0.25) is 9.59 Å². The van der Waals surface area contributed by atoms with Crippen LogP contribution in [-0.2, 0) is 11.2 Å². The van der Waals surface area contributed by atoms with E-state index in [0.29, 0.717) is 34.5 Å². The summed E-state index contributed by atoms with van der Waals surface area (Å²) in [5.74, 6) is 0.241. The van der Waals surface area contributed by atoms with E-state index in [-0.39, 0.29) is 18.2 Å². The second-order valence-corrected chi connectivity index (χ2v) is 8.87. The molecule has 0 aliphatic carbocycles. The van der Waals surface area contributed by atoms with E-state index in [1.807, 2.05) is 25.2 Å². The predicted octanol–water partition coefficient (Wildman–Crippen LogP) is 4.45. The summed E-state index contributed by atoms with van der Waals surface area (Å²) in [6.07, 6.45) is 1.84. The zero-order valence-corrected chi connectivity index (χ0v) is 20.9. The van der Waals surface area contributed by atoms with Gasteiger partial charge in [0.1, 0.15) is 0 Å². The number of rotatable bonds is 8. The Morgan fingerprint density at radius 1 is 1.11 bits per heavy atom. The molecule has 0 atom stereocenters. The van der Waals surface area contributed by atoms with E-state index in [1.54, 1.807) is 35.4 Å². The van der Waals surface area contributed by atoms with Crippen LogP contribution < -0.4 is 10.6 Å². The molecule has 0 radical (unpaired) electrons. The highest BCUT2D eigenvalue weighted by molar-refractivity contribution is 6.31. The molecule has 2 amide bonds. The van der Waals surface area contributed by atoms with Crippen molar-refractivity contribution in [1.82, 2.24) is 19.8 Å². The number of hydrogen-bond donors (Lipinski definition) is 2. The summed E-state index contributed by atoms with van der Waals surface area (Å²) < 4.78 is 0. The van der Waals surface area contributed by atoms with Gasteiger partial charge in [-0.05, 0) is 55.6 Å². The zero-order valence-electron chi connectivity index (χ0n) is 20.1. The van der Waals surface area contributed by atoms with Crippen LogP contribution in [0.25, 0.3) is 11.3 Å². The van der Waals surface area contributed by atoms with E-state index in [4.69, 9.17) is 11.6 Å². The standard InChI is InChI=1S/C26H29ClN6O2/c1-4-33(5-2)13-12-32(3)25(35)17-6-9-20(10-7-17)29-26-28-16-18-14-23(34)30-22-15-19(27)8-11-21(22)24(18)31-26/h6-11,15-16H,4-5,12-14H2,1-3H3,(H,30,34)(H,28,29,31). The number of amides is 2. The van der Waals surface area contributed by atoms with Crippen molar-refractivity contribution >= 4 is 40.7 Å². The summed E-state index contributed by atoms with van der Waals surface area (Å²) in [6, 6.07) is 12.6. The Morgan fingerprint density at radius 3 is 2.57 bits per heavy atom. The molecule has 4 rings (SSSR count). The number of nitrogens with one attached hydrogen (secondary N) is 2. The third kappa shape index (κ3) is 5.78. The fourth-order valence-electron chi connectivity index (χ4n) is 4.00. The van der Waals surface area contributed by atoms with E-state index in [2.05, 4.69) is 39.3 Å². The Bertz CT molecular complexity index is 1230. The van der Waals surface area contributed by atoms with Crippen LogP contribution in [0.15, 0.2) is 48.7 Å². The van der Waals surface area contributed by atoms with Crippen molar-refractivity contribution in [3.63, 3.8) is 0 Å². The van der Waals surface area contributed by atoms with Crippen molar-refractivity contribution < 1.29 is 9.59 Å². The molecule has 0 fully saturated rings. The molecule has 3 aromatic rings. The lowest BCUT2D eigenvalue weighted by molar-refractivity contribution is -0.115. The molecule has 8 nitrogen and oxygen atoms in total. The quantitative estimate of drug-likeness (QED) is 0.483. The van der Waals surface area contributed by atoms with Gasteiger partial charge < -0.3 is 20.4 Å². The third-order valence-electron chi connectivity index (χ3n) is 6.11. The maximum atomic E-state index is 12.8. The van der Waals surface area contributed by atoms with Crippen LogP contribution in [0.1, 0.15) is 29.8 Å². The van der Waals surface area contributed by atoms with Crippen molar-refractivity contribution in [1.29, 1.82) is 0 Å². The number of halogens is 1. The van der Waals surface area contributed by atoms with Crippen molar-refractivity contribution in [2.75, 3.05) is 43.9 Å². The van der Waals surface area contributed by atoms with Gasteiger partial charge in [-0.2, -0.15) is 0 Å². The number of fused-ring (bicyclic) bond motifs is 3. The maximum absolute atomic E-state index is 12.8. The number of hydrogen-bond acceptors (Lipinski definition) is 6. The largest absolute Gasteiger partial charge is 0.340 e. The summed E-state index contributed by atoms with van der Waals surface area (Å²) in [4.78, 5) is 38.2. The lowest BCUT2D eigenvalue weighted by Crippen LogP contribution is -2.36. The number of likely N-dealkylation sites (N-methyl/N-ethyl adjacent to an activating group) is 2. The molecule has 1 aliphatic heterocycles. The summed E-state index contributed by atoms with van der Waals surface area (Å²) in [7, 11) is 1.83. The van der Waals surface area contributed by atoms with Gasteiger partial charge in [-0.15, -0.1) is 0 Å². The van der Waals surface area contributed by atoms with Gasteiger partial charge in [-0.25, -0.2) is 9.97 Å². The number of benzene rings is 2. The molecule has 35 heavy (non-hydrogen) atoms. The topological polar surface area (TPSA) is 90.5 Å². The van der Waals surface area contributed by atoms with Gasteiger partial charge in [0.25, 0.3) is 5.91 Å². The third-order valence-corrected chi connectivity index (χ3v) is 6.34. The van der Waals surface area contributed by atoms with E-state index in [9.17, 15) is 9.59 Å². The fourth-order valence-corrected chi connectivity index (χ4v) is 4.17. The normalized spacial score (nSPS) is 12.4. The van der Waals surface area contributed by atoms with Crippen LogP contribution in [0.5, 0.6) is 0 Å². The van der Waals surface area contributed by atoms with Gasteiger partial charge in [0.15, 0.2) is 0 Å². The molecule has 9 heteroatoms. The van der Waals surface area contributed by atoms with E-state index in [0.717, 1.165) is 36.4 Å². The highest BCUT2D eigenvalue weighted by Gasteiger charge is 2.21. The molecule has 2 N–H and O–H groups in total. The van der Waals surface area contributed by atoms with Crippen LogP contribution >= 0.6 is 11.6 Å². The number of carbonyl (C=O) groups is 2. The van der Waals surface area contributed by atoms with Crippen LogP contribution in [-0.4, -0.2) is 64.8 Å². The molecule has 1 aliphatic rings. The fraction of sp³-hybridized carbons (Fsp3) is 0.308. The summed E-state index contributed by atoms with van der Waals surface area (Å²) in [5.41, 5.74) is 4.20. The Morgan fingerprint density at radius 2 is 1.86 bits per heavy atom. The molecule has 0 saturated heterocycles. The first-order valence-corrected chi connectivity index (χ1v) is 12.1. The zero-order chi connectivity index (χ0) is 24.9. The predicted molar refractivity (Wildman–Crippen MR) is 139 cm³/mol. The highest BCUT2D eigenvalue weighted by atomic mass is 35.5. The Labute approximate surface area is 210 Å². The molecule has 2 heterocycles. The molecule has 182 valence electrons. The first-order chi connectivity index (χ1) is 16.9. The van der Waals surface area contributed by atoms with Gasteiger partial charge in [-0.1, -0.05) is 25.4 Å². The molecule has 0 saturated carbocycles. The van der Waals surface area contributed by atoms with Gasteiger partial charge in [0, 0.05) is 53.7 Å². The molecule has 2 aromatic carbocycles. The highest BCUT2D eigenvalue weighted by Crippen LogP contribution is 2.34. The Kier molecular flexibility index (Phi) is 7.63. The Balaban J connectivity index is 1.49. The lowest BCUT2D eigenvalue weighted by Gasteiger charge is -2.23. The van der Waals surface area contributed by atoms with E-state index >= 15 is 0 Å². The average molecular weight is 493 g/mol. The molecular formula is C26H29ClN6O2. The van der Waals surface area contributed by atoms with E-state index < -0.39 is 0 Å². The Hall–Kier alpha value is -3.49. The van der Waals surface area contributed by atoms with Crippen molar-refractivity contribution in [3.05, 3.63) is 64.8 Å². The van der Waals surface area contributed by atoms with Crippen LogP contribution in [0, 0.1) is 0 Å². The molecular weight excluding hydrogens is 464 g/mol. The number of nitrogens with zero attached hydrogens (tertiary/aromatic N) is 4. The van der Waals surface area contributed by atoms with Crippen LogP contribution in [0.4, 0.5) is 17.3 Å². The minimum Gasteiger partial charge on any atom is -0.340 e. The number of aromatic nitrogens is 2. The van der Waals surface area contributed by atoms with Crippen LogP contribution in [0.3, 0.4) is 0 Å².